The molecule has 0 saturated carbocycles. The molecule has 0 radical (unpaired) electrons. The molecule has 2 rings (SSSR count). The van der Waals surface area contributed by atoms with Crippen LogP contribution in [-0.2, 0) is 17.9 Å². The van der Waals surface area contributed by atoms with E-state index in [1.54, 1.807) is 48.5 Å². The first-order valence-corrected chi connectivity index (χ1v) is 9.11. The summed E-state index contributed by atoms with van der Waals surface area (Å²) in [5.41, 5.74) is 1.90. The lowest BCUT2D eigenvalue weighted by Crippen LogP contribution is -2.24. The molecule has 0 bridgehead atoms. The van der Waals surface area contributed by atoms with Crippen LogP contribution < -0.4 is 10.1 Å². The van der Waals surface area contributed by atoms with E-state index in [1.165, 1.54) is 0 Å². The van der Waals surface area contributed by atoms with Crippen molar-refractivity contribution in [2.45, 2.75) is 19.3 Å². The molecule has 0 unspecified atom stereocenters. The number of benzene rings is 2. The van der Waals surface area contributed by atoms with Crippen molar-refractivity contribution in [1.82, 2.24) is 10.2 Å². The van der Waals surface area contributed by atoms with Gasteiger partial charge in [0.05, 0.1) is 12.2 Å². The molecule has 158 valence electrons. The van der Waals surface area contributed by atoms with Gasteiger partial charge in [0.25, 0.3) is 5.91 Å². The Balaban J connectivity index is 1.86. The van der Waals surface area contributed by atoms with Crippen molar-refractivity contribution in [3.8, 4) is 5.75 Å². The SMILES string of the molecule is CN(C)CCOc1ccccc1C(=O)NCc1ccc(COCC(F)(F)F)cc1. The second kappa shape index (κ2) is 10.8. The van der Waals surface area contributed by atoms with Gasteiger partial charge in [-0.15, -0.1) is 0 Å². The first-order chi connectivity index (χ1) is 13.7. The van der Waals surface area contributed by atoms with Gasteiger partial charge in [0.15, 0.2) is 0 Å². The maximum absolute atomic E-state index is 12.5. The molecule has 0 heterocycles. The minimum atomic E-state index is -4.34. The second-order valence-corrected chi connectivity index (χ2v) is 6.76. The van der Waals surface area contributed by atoms with E-state index in [4.69, 9.17) is 4.74 Å². The van der Waals surface area contributed by atoms with Crippen molar-refractivity contribution < 1.29 is 27.4 Å². The molecular weight excluding hydrogens is 385 g/mol. The minimum Gasteiger partial charge on any atom is -0.491 e. The molecule has 1 amide bonds. The Bertz CT molecular complexity index is 777. The lowest BCUT2D eigenvalue weighted by Gasteiger charge is -2.14. The smallest absolute Gasteiger partial charge is 0.411 e. The molecule has 0 saturated heterocycles. The van der Waals surface area contributed by atoms with E-state index >= 15 is 0 Å². The third kappa shape index (κ3) is 8.53. The molecule has 0 fully saturated rings. The topological polar surface area (TPSA) is 50.8 Å². The van der Waals surface area contributed by atoms with Gasteiger partial charge in [-0.1, -0.05) is 36.4 Å². The predicted molar refractivity (Wildman–Crippen MR) is 104 cm³/mol. The zero-order valence-electron chi connectivity index (χ0n) is 16.5. The van der Waals surface area contributed by atoms with Gasteiger partial charge < -0.3 is 19.7 Å². The van der Waals surface area contributed by atoms with Crippen LogP contribution in [0.2, 0.25) is 0 Å². The summed E-state index contributed by atoms with van der Waals surface area (Å²) in [6, 6.07) is 13.9. The molecule has 2 aromatic carbocycles. The summed E-state index contributed by atoms with van der Waals surface area (Å²) in [4.78, 5) is 14.5. The maximum Gasteiger partial charge on any atom is 0.411 e. The largest absolute Gasteiger partial charge is 0.491 e. The van der Waals surface area contributed by atoms with Crippen LogP contribution in [0.3, 0.4) is 0 Å². The van der Waals surface area contributed by atoms with Gasteiger partial charge in [-0.05, 0) is 37.4 Å². The molecule has 0 aliphatic heterocycles. The molecule has 0 aliphatic rings. The Morgan fingerprint density at radius 3 is 2.34 bits per heavy atom. The first-order valence-electron chi connectivity index (χ1n) is 9.11. The fourth-order valence-electron chi connectivity index (χ4n) is 2.43. The van der Waals surface area contributed by atoms with E-state index in [1.807, 2.05) is 19.0 Å². The first kappa shape index (κ1) is 22.7. The number of rotatable bonds is 10. The fourth-order valence-corrected chi connectivity index (χ4v) is 2.43. The highest BCUT2D eigenvalue weighted by atomic mass is 19.4. The Kier molecular flexibility index (Phi) is 8.48. The lowest BCUT2D eigenvalue weighted by molar-refractivity contribution is -0.176. The van der Waals surface area contributed by atoms with Gasteiger partial charge in [0, 0.05) is 13.1 Å². The summed E-state index contributed by atoms with van der Waals surface area (Å²) in [7, 11) is 3.88. The number of hydrogen-bond donors (Lipinski definition) is 1. The van der Waals surface area contributed by atoms with E-state index in [9.17, 15) is 18.0 Å². The van der Waals surface area contributed by atoms with Crippen LogP contribution in [0.25, 0.3) is 0 Å². The summed E-state index contributed by atoms with van der Waals surface area (Å²) in [6.45, 7) is 0.0867. The Morgan fingerprint density at radius 1 is 1.03 bits per heavy atom. The van der Waals surface area contributed by atoms with E-state index < -0.39 is 12.8 Å². The van der Waals surface area contributed by atoms with E-state index in [-0.39, 0.29) is 19.1 Å². The number of nitrogens with one attached hydrogen (secondary N) is 1. The Morgan fingerprint density at radius 2 is 1.69 bits per heavy atom. The number of carbonyl (C=O) groups excluding carboxylic acids is 1. The summed E-state index contributed by atoms with van der Waals surface area (Å²) in [6.07, 6.45) is -4.34. The second-order valence-electron chi connectivity index (χ2n) is 6.76. The van der Waals surface area contributed by atoms with Crippen LogP contribution in [-0.4, -0.2) is 50.8 Å². The van der Waals surface area contributed by atoms with Crippen molar-refractivity contribution in [3.63, 3.8) is 0 Å². The zero-order valence-corrected chi connectivity index (χ0v) is 16.5. The molecular formula is C21H25F3N2O3. The highest BCUT2D eigenvalue weighted by Gasteiger charge is 2.27. The third-order valence-electron chi connectivity index (χ3n) is 3.94. The Hall–Kier alpha value is -2.58. The monoisotopic (exact) mass is 410 g/mol. The number of amides is 1. The van der Waals surface area contributed by atoms with Gasteiger partial charge in [0.1, 0.15) is 19.0 Å². The normalized spacial score (nSPS) is 11.5. The average molecular weight is 410 g/mol. The van der Waals surface area contributed by atoms with E-state index in [0.717, 1.165) is 12.1 Å². The van der Waals surface area contributed by atoms with Crippen molar-refractivity contribution in [3.05, 3.63) is 65.2 Å². The number of likely N-dealkylation sites (N-methyl/N-ethyl adjacent to an activating group) is 1. The number of halogens is 3. The molecule has 2 aromatic rings. The van der Waals surface area contributed by atoms with Gasteiger partial charge >= 0.3 is 6.18 Å². The van der Waals surface area contributed by atoms with Crippen LogP contribution in [0.1, 0.15) is 21.5 Å². The van der Waals surface area contributed by atoms with Crippen molar-refractivity contribution in [2.24, 2.45) is 0 Å². The van der Waals surface area contributed by atoms with Crippen LogP contribution >= 0.6 is 0 Å². The summed E-state index contributed by atoms with van der Waals surface area (Å²) in [5.74, 6) is 0.257. The van der Waals surface area contributed by atoms with Gasteiger partial charge in [-0.3, -0.25) is 4.79 Å². The third-order valence-corrected chi connectivity index (χ3v) is 3.94. The number of para-hydroxylation sites is 1. The van der Waals surface area contributed by atoms with Gasteiger partial charge in [0.2, 0.25) is 0 Å². The summed E-state index contributed by atoms with van der Waals surface area (Å²) >= 11 is 0. The zero-order chi connectivity index (χ0) is 21.3. The molecule has 1 N–H and O–H groups in total. The van der Waals surface area contributed by atoms with Crippen LogP contribution in [0.15, 0.2) is 48.5 Å². The standard InChI is InChI=1S/C21H25F3N2O3/c1-26(2)11-12-29-19-6-4-3-5-18(19)20(27)25-13-16-7-9-17(10-8-16)14-28-15-21(22,23)24/h3-10H,11-15H2,1-2H3,(H,25,27). The lowest BCUT2D eigenvalue weighted by atomic mass is 10.1. The highest BCUT2D eigenvalue weighted by molar-refractivity contribution is 5.96. The molecule has 0 aliphatic carbocycles. The van der Waals surface area contributed by atoms with Crippen molar-refractivity contribution in [1.29, 1.82) is 0 Å². The molecule has 5 nitrogen and oxygen atoms in total. The highest BCUT2D eigenvalue weighted by Crippen LogP contribution is 2.18. The molecule has 0 spiro atoms. The minimum absolute atomic E-state index is 0.121. The van der Waals surface area contributed by atoms with Crippen LogP contribution in [0, 0.1) is 0 Å². The number of hydrogen-bond acceptors (Lipinski definition) is 4. The predicted octanol–water partition coefficient (Wildman–Crippen LogP) is 3.64. The van der Waals surface area contributed by atoms with Gasteiger partial charge in [-0.25, -0.2) is 0 Å². The Labute approximate surface area is 168 Å². The molecule has 0 aromatic heterocycles. The molecule has 29 heavy (non-hydrogen) atoms. The molecule has 8 heteroatoms. The molecule has 0 atom stereocenters. The maximum atomic E-state index is 12.5. The van der Waals surface area contributed by atoms with Gasteiger partial charge in [-0.2, -0.15) is 13.2 Å². The summed E-state index contributed by atoms with van der Waals surface area (Å²) in [5, 5.41) is 2.83. The van der Waals surface area contributed by atoms with Crippen LogP contribution in [0.5, 0.6) is 5.75 Å². The summed E-state index contributed by atoms with van der Waals surface area (Å²) < 4.78 is 46.6. The number of carbonyl (C=O) groups is 1. The van der Waals surface area contributed by atoms with E-state index in [0.29, 0.717) is 23.5 Å². The number of alkyl halides is 3. The van der Waals surface area contributed by atoms with Crippen molar-refractivity contribution >= 4 is 5.91 Å². The van der Waals surface area contributed by atoms with Crippen LogP contribution in [0.4, 0.5) is 13.2 Å². The quantitative estimate of drug-likeness (QED) is 0.650. The van der Waals surface area contributed by atoms with E-state index in [2.05, 4.69) is 10.1 Å². The number of nitrogens with zero attached hydrogens (tertiary/aromatic N) is 1. The average Bonchev–Trinajstić information content (AvgIpc) is 2.66. The fraction of sp³-hybridized carbons (Fsp3) is 0.381. The van der Waals surface area contributed by atoms with Crippen molar-refractivity contribution in [2.75, 3.05) is 33.9 Å². The number of ether oxygens (including phenoxy) is 2.